The van der Waals surface area contributed by atoms with E-state index in [1.54, 1.807) is 4.90 Å². The van der Waals surface area contributed by atoms with Crippen LogP contribution in [0.2, 0.25) is 0 Å². The number of rotatable bonds is 1. The lowest BCUT2D eigenvalue weighted by Gasteiger charge is -2.30. The summed E-state index contributed by atoms with van der Waals surface area (Å²) >= 11 is 5.19. The van der Waals surface area contributed by atoms with Gasteiger partial charge in [-0.1, -0.05) is 12.2 Å². The number of hydrogen-bond donors (Lipinski definition) is 0. The molecule has 1 amide bonds. The predicted molar refractivity (Wildman–Crippen MR) is 66.3 cm³/mol. The van der Waals surface area contributed by atoms with E-state index < -0.39 is 0 Å². The van der Waals surface area contributed by atoms with Gasteiger partial charge in [0, 0.05) is 6.04 Å². The second-order valence-electron chi connectivity index (χ2n) is 4.48. The number of allylic oxidation sites excluding steroid dienone is 3. The van der Waals surface area contributed by atoms with Crippen LogP contribution >= 0.6 is 12.2 Å². The highest BCUT2D eigenvalue weighted by Gasteiger charge is 2.42. The first-order valence-corrected chi connectivity index (χ1v) is 5.90. The highest BCUT2D eigenvalue weighted by Crippen LogP contribution is 2.32. The Morgan fingerprint density at radius 2 is 2.25 bits per heavy atom. The van der Waals surface area contributed by atoms with E-state index in [1.807, 2.05) is 25.2 Å². The molecule has 0 spiro atoms. The number of carbonyl (C=O) groups is 1. The summed E-state index contributed by atoms with van der Waals surface area (Å²) in [4.78, 5) is 18.3. The van der Waals surface area contributed by atoms with Crippen LogP contribution in [-0.2, 0) is 4.79 Å². The van der Waals surface area contributed by atoms with E-state index in [2.05, 4.69) is 4.99 Å². The molecule has 1 saturated carbocycles. The second-order valence-corrected chi connectivity index (χ2v) is 4.85. The molecule has 1 atom stereocenters. The van der Waals surface area contributed by atoms with Crippen LogP contribution in [0.3, 0.4) is 0 Å². The Balaban J connectivity index is 2.01. The van der Waals surface area contributed by atoms with Crippen molar-refractivity contribution in [1.29, 1.82) is 0 Å². The number of carbonyl (C=O) groups excluding carboxylic acids is 1. The van der Waals surface area contributed by atoms with Crippen molar-refractivity contribution in [1.82, 2.24) is 4.90 Å². The van der Waals surface area contributed by atoms with E-state index in [9.17, 15) is 4.79 Å². The molecule has 2 aliphatic carbocycles. The predicted octanol–water partition coefficient (Wildman–Crippen LogP) is 1.85. The van der Waals surface area contributed by atoms with E-state index in [4.69, 9.17) is 12.2 Å². The molecule has 0 bridgehead atoms. The summed E-state index contributed by atoms with van der Waals surface area (Å²) in [5.41, 5.74) is 1.91. The summed E-state index contributed by atoms with van der Waals surface area (Å²) in [5.74, 6) is -0.117. The minimum Gasteiger partial charge on any atom is -0.283 e. The standard InChI is InChI=1S/C12H12N2OS/c1-7-2-5-9-10(6-7)13-12(16)14(11(9)15)8-3-4-8/h2,5-6,8-9H,3-4H2,1H3. The molecule has 3 nitrogen and oxygen atoms in total. The van der Waals surface area contributed by atoms with E-state index in [0.717, 1.165) is 24.1 Å². The number of fused-ring (bicyclic) bond motifs is 1. The molecule has 1 fully saturated rings. The average Bonchev–Trinajstić information content (AvgIpc) is 3.01. The minimum absolute atomic E-state index is 0.0949. The van der Waals surface area contributed by atoms with Gasteiger partial charge in [0.25, 0.3) is 0 Å². The van der Waals surface area contributed by atoms with Gasteiger partial charge < -0.3 is 0 Å². The summed E-state index contributed by atoms with van der Waals surface area (Å²) in [6.07, 6.45) is 7.96. The van der Waals surface area contributed by atoms with Gasteiger partial charge in [0.1, 0.15) is 0 Å². The molecule has 0 aromatic rings. The fraction of sp³-hybridized carbons (Fsp3) is 0.417. The maximum atomic E-state index is 12.2. The van der Waals surface area contributed by atoms with Crippen LogP contribution in [-0.4, -0.2) is 27.7 Å². The molecule has 16 heavy (non-hydrogen) atoms. The second kappa shape index (κ2) is 3.35. The smallest absolute Gasteiger partial charge is 0.242 e. The highest BCUT2D eigenvalue weighted by atomic mass is 32.1. The minimum atomic E-state index is -0.212. The Labute approximate surface area is 99.5 Å². The lowest BCUT2D eigenvalue weighted by Crippen LogP contribution is -2.47. The Kier molecular flexibility index (Phi) is 2.07. The first-order chi connectivity index (χ1) is 7.66. The van der Waals surface area contributed by atoms with Gasteiger partial charge >= 0.3 is 0 Å². The summed E-state index contributed by atoms with van der Waals surface area (Å²) in [6, 6.07) is 0.311. The summed E-state index contributed by atoms with van der Waals surface area (Å²) in [7, 11) is 0. The first-order valence-electron chi connectivity index (χ1n) is 5.49. The van der Waals surface area contributed by atoms with Crippen LogP contribution in [0, 0.1) is 5.92 Å². The largest absolute Gasteiger partial charge is 0.283 e. The Bertz CT molecular complexity index is 471. The molecular formula is C12H12N2OS. The number of amides is 1. The SMILES string of the molecule is CC1=CC2=NC(=S)N(C3CC3)C(=O)C2C=C1. The molecule has 0 aromatic carbocycles. The van der Waals surface area contributed by atoms with E-state index in [1.165, 1.54) is 0 Å². The van der Waals surface area contributed by atoms with Crippen molar-refractivity contribution in [2.45, 2.75) is 25.8 Å². The van der Waals surface area contributed by atoms with Gasteiger partial charge in [-0.05, 0) is 43.6 Å². The van der Waals surface area contributed by atoms with Gasteiger partial charge in [-0.25, -0.2) is 4.99 Å². The average molecular weight is 232 g/mol. The van der Waals surface area contributed by atoms with Crippen molar-refractivity contribution in [3.63, 3.8) is 0 Å². The fourth-order valence-electron chi connectivity index (χ4n) is 2.11. The van der Waals surface area contributed by atoms with E-state index in [-0.39, 0.29) is 11.8 Å². The van der Waals surface area contributed by atoms with Crippen molar-refractivity contribution < 1.29 is 4.79 Å². The van der Waals surface area contributed by atoms with Crippen molar-refractivity contribution >= 4 is 28.9 Å². The zero-order valence-electron chi connectivity index (χ0n) is 9.01. The van der Waals surface area contributed by atoms with Crippen LogP contribution in [0.5, 0.6) is 0 Å². The van der Waals surface area contributed by atoms with Gasteiger partial charge in [-0.2, -0.15) is 0 Å². The molecule has 1 aliphatic heterocycles. The first kappa shape index (κ1) is 9.90. The third kappa shape index (κ3) is 1.45. The fourth-order valence-corrected chi connectivity index (χ4v) is 2.45. The van der Waals surface area contributed by atoms with Crippen LogP contribution < -0.4 is 0 Å². The van der Waals surface area contributed by atoms with Crippen LogP contribution in [0.25, 0.3) is 0 Å². The lowest BCUT2D eigenvalue weighted by atomic mass is 9.92. The summed E-state index contributed by atoms with van der Waals surface area (Å²) in [6.45, 7) is 2.00. The van der Waals surface area contributed by atoms with E-state index in [0.29, 0.717) is 11.2 Å². The van der Waals surface area contributed by atoms with Crippen molar-refractivity contribution in [2.75, 3.05) is 0 Å². The monoisotopic (exact) mass is 232 g/mol. The zero-order chi connectivity index (χ0) is 11.3. The molecule has 3 rings (SSSR count). The molecule has 0 N–H and O–H groups in total. The number of nitrogens with zero attached hydrogens (tertiary/aromatic N) is 2. The molecule has 1 heterocycles. The molecule has 0 saturated heterocycles. The van der Waals surface area contributed by atoms with Gasteiger partial charge in [-0.3, -0.25) is 9.69 Å². The number of thiocarbonyl (C=S) groups is 1. The van der Waals surface area contributed by atoms with Gasteiger partial charge in [0.2, 0.25) is 11.0 Å². The van der Waals surface area contributed by atoms with E-state index >= 15 is 0 Å². The summed E-state index contributed by atoms with van der Waals surface area (Å²) in [5, 5.41) is 0.443. The maximum absolute atomic E-state index is 12.2. The topological polar surface area (TPSA) is 32.7 Å². The normalized spacial score (nSPS) is 28.8. The van der Waals surface area contributed by atoms with Crippen molar-refractivity contribution in [2.24, 2.45) is 10.9 Å². The Hall–Kier alpha value is -1.29. The van der Waals surface area contributed by atoms with Gasteiger partial charge in [0.05, 0.1) is 11.6 Å². The molecule has 4 heteroatoms. The molecular weight excluding hydrogens is 220 g/mol. The highest BCUT2D eigenvalue weighted by molar-refractivity contribution is 7.80. The Morgan fingerprint density at radius 1 is 1.50 bits per heavy atom. The van der Waals surface area contributed by atoms with Crippen molar-refractivity contribution in [3.8, 4) is 0 Å². The summed E-state index contributed by atoms with van der Waals surface area (Å²) < 4.78 is 0. The Morgan fingerprint density at radius 3 is 2.94 bits per heavy atom. The number of aliphatic imine (C=N–C) groups is 1. The third-order valence-electron chi connectivity index (χ3n) is 3.09. The van der Waals surface area contributed by atoms with Gasteiger partial charge in [0.15, 0.2) is 0 Å². The molecule has 3 aliphatic rings. The third-order valence-corrected chi connectivity index (χ3v) is 3.38. The van der Waals surface area contributed by atoms with Crippen LogP contribution in [0.1, 0.15) is 19.8 Å². The maximum Gasteiger partial charge on any atom is 0.242 e. The molecule has 0 aromatic heterocycles. The molecule has 1 unspecified atom stereocenters. The van der Waals surface area contributed by atoms with Gasteiger partial charge in [-0.15, -0.1) is 0 Å². The van der Waals surface area contributed by atoms with Crippen LogP contribution in [0.4, 0.5) is 0 Å². The number of hydrogen-bond acceptors (Lipinski definition) is 2. The van der Waals surface area contributed by atoms with Crippen LogP contribution in [0.15, 0.2) is 28.8 Å². The lowest BCUT2D eigenvalue weighted by molar-refractivity contribution is -0.128. The molecule has 0 radical (unpaired) electrons. The quantitative estimate of drug-likeness (QED) is 0.646. The molecule has 82 valence electrons. The van der Waals surface area contributed by atoms with Crippen molar-refractivity contribution in [3.05, 3.63) is 23.8 Å². The zero-order valence-corrected chi connectivity index (χ0v) is 9.83.